The predicted octanol–water partition coefficient (Wildman–Crippen LogP) is 4.95. The minimum atomic E-state index is -5.14. The van der Waals surface area contributed by atoms with E-state index in [0.717, 1.165) is 38.2 Å². The lowest BCUT2D eigenvalue weighted by molar-refractivity contribution is -0.262. The van der Waals surface area contributed by atoms with Gasteiger partial charge in [-0.05, 0) is 68.1 Å². The van der Waals surface area contributed by atoms with Crippen molar-refractivity contribution in [1.82, 2.24) is 15.2 Å². The first-order valence-corrected chi connectivity index (χ1v) is 14.2. The van der Waals surface area contributed by atoms with E-state index in [-0.39, 0.29) is 24.1 Å². The molecular weight excluding hydrogens is 545 g/mol. The number of aryl methyl sites for hydroxylation is 1. The van der Waals surface area contributed by atoms with Crippen LogP contribution >= 0.6 is 11.6 Å². The maximum Gasteiger partial charge on any atom is 0.430 e. The van der Waals surface area contributed by atoms with Crippen LogP contribution in [0.2, 0.25) is 5.15 Å². The molecule has 1 atom stereocenters. The number of rotatable bonds is 7. The van der Waals surface area contributed by atoms with Crippen molar-refractivity contribution in [1.29, 1.82) is 0 Å². The maximum atomic E-state index is 14.1. The Balaban J connectivity index is 1.31. The molecule has 2 aliphatic heterocycles. The third-order valence-corrected chi connectivity index (χ3v) is 8.57. The largest absolute Gasteiger partial charge is 0.430 e. The van der Waals surface area contributed by atoms with E-state index in [1.807, 2.05) is 0 Å². The molecule has 0 spiro atoms. The normalized spacial score (nSPS) is 18.9. The van der Waals surface area contributed by atoms with Gasteiger partial charge in [0.25, 0.3) is 17.4 Å². The van der Waals surface area contributed by atoms with Gasteiger partial charge in [0.1, 0.15) is 11.0 Å². The van der Waals surface area contributed by atoms with Gasteiger partial charge in [0.05, 0.1) is 5.56 Å². The molecule has 0 bridgehead atoms. The number of aliphatic hydroxyl groups is 1. The van der Waals surface area contributed by atoms with Crippen molar-refractivity contribution < 1.29 is 27.9 Å². The van der Waals surface area contributed by atoms with E-state index >= 15 is 0 Å². The van der Waals surface area contributed by atoms with Crippen LogP contribution in [0.25, 0.3) is 0 Å². The Morgan fingerprint density at radius 2 is 1.68 bits per heavy atom. The Hall–Kier alpha value is -2.85. The molecule has 1 unspecified atom stereocenters. The van der Waals surface area contributed by atoms with Gasteiger partial charge in [-0.3, -0.25) is 9.59 Å². The molecule has 40 heavy (non-hydrogen) atoms. The topological polar surface area (TPSA) is 85.8 Å². The summed E-state index contributed by atoms with van der Waals surface area (Å²) in [4.78, 5) is 32.7. The van der Waals surface area contributed by atoms with Crippen molar-refractivity contribution in [3.05, 3.63) is 58.2 Å². The summed E-state index contributed by atoms with van der Waals surface area (Å²) in [7, 11) is 1.54. The SMILES string of the molecule is CCc1cccc(C(O)(C(=O)N2CCC(CC3CCN(c4ccc(C(=O)NC)c(Cl)n4)CC3)CC2)C(F)(F)F)c1. The number of piperidine rings is 2. The molecular formula is C29H36ClF3N4O3. The standard InChI is InChI=1S/C29H36ClF3N4O3/c1-3-19-5-4-6-22(18-19)28(40,29(31,32)33)27(39)37-15-11-21(12-16-37)17-20-9-13-36(14-10-20)24-8-7-23(25(30)35-24)26(38)34-2/h4-8,18,20-21,40H,3,9-17H2,1-2H3,(H,34,38). The number of hydrogen-bond acceptors (Lipinski definition) is 5. The first-order valence-electron chi connectivity index (χ1n) is 13.8. The molecule has 0 aliphatic carbocycles. The van der Waals surface area contributed by atoms with E-state index < -0.39 is 23.2 Å². The summed E-state index contributed by atoms with van der Waals surface area (Å²) < 4.78 is 42.4. The molecule has 4 rings (SSSR count). The number of benzene rings is 1. The minimum Gasteiger partial charge on any atom is -0.369 e. The number of carbonyl (C=O) groups excluding carboxylic acids is 2. The van der Waals surface area contributed by atoms with E-state index in [0.29, 0.717) is 42.2 Å². The van der Waals surface area contributed by atoms with E-state index in [1.54, 1.807) is 25.1 Å². The van der Waals surface area contributed by atoms with Gasteiger partial charge in [0.15, 0.2) is 0 Å². The molecule has 218 valence electrons. The molecule has 1 aromatic heterocycles. The number of amides is 2. The summed E-state index contributed by atoms with van der Waals surface area (Å²) in [6.45, 7) is 3.77. The molecule has 2 aliphatic rings. The van der Waals surface area contributed by atoms with E-state index in [9.17, 15) is 27.9 Å². The number of nitrogens with one attached hydrogen (secondary N) is 1. The highest BCUT2D eigenvalue weighted by Crippen LogP contribution is 2.42. The summed E-state index contributed by atoms with van der Waals surface area (Å²) in [6.07, 6.45) is -0.603. The minimum absolute atomic E-state index is 0.163. The summed E-state index contributed by atoms with van der Waals surface area (Å²) in [5.41, 5.74) is -3.04. The molecule has 7 nitrogen and oxygen atoms in total. The second kappa shape index (κ2) is 12.3. The van der Waals surface area contributed by atoms with Crippen LogP contribution in [0.15, 0.2) is 36.4 Å². The van der Waals surface area contributed by atoms with Crippen molar-refractivity contribution in [2.45, 2.75) is 57.2 Å². The Morgan fingerprint density at radius 1 is 1.05 bits per heavy atom. The van der Waals surface area contributed by atoms with Crippen molar-refractivity contribution in [3.8, 4) is 0 Å². The smallest absolute Gasteiger partial charge is 0.369 e. The summed E-state index contributed by atoms with van der Waals surface area (Å²) in [5, 5.41) is 13.5. The third-order valence-electron chi connectivity index (χ3n) is 8.29. The molecule has 2 saturated heterocycles. The number of halogens is 4. The number of anilines is 1. The summed E-state index contributed by atoms with van der Waals surface area (Å²) >= 11 is 6.21. The zero-order chi connectivity index (χ0) is 29.1. The lowest BCUT2D eigenvalue weighted by Crippen LogP contribution is -2.57. The maximum absolute atomic E-state index is 14.1. The van der Waals surface area contributed by atoms with Crippen LogP contribution in [0.3, 0.4) is 0 Å². The van der Waals surface area contributed by atoms with Gasteiger partial charge in [-0.15, -0.1) is 0 Å². The Bertz CT molecular complexity index is 1210. The van der Waals surface area contributed by atoms with Gasteiger partial charge >= 0.3 is 6.18 Å². The Labute approximate surface area is 237 Å². The van der Waals surface area contributed by atoms with Crippen LogP contribution in [0.1, 0.15) is 60.5 Å². The highest BCUT2D eigenvalue weighted by molar-refractivity contribution is 6.32. The lowest BCUT2D eigenvalue weighted by Gasteiger charge is -2.40. The van der Waals surface area contributed by atoms with Crippen molar-refractivity contribution in [3.63, 3.8) is 0 Å². The predicted molar refractivity (Wildman–Crippen MR) is 147 cm³/mol. The molecule has 2 N–H and O–H groups in total. The van der Waals surface area contributed by atoms with E-state index in [2.05, 4.69) is 15.2 Å². The first-order chi connectivity index (χ1) is 19.0. The van der Waals surface area contributed by atoms with E-state index in [4.69, 9.17) is 11.6 Å². The zero-order valence-corrected chi connectivity index (χ0v) is 23.6. The number of nitrogens with zero attached hydrogens (tertiary/aromatic N) is 3. The van der Waals surface area contributed by atoms with Gasteiger partial charge in [-0.2, -0.15) is 13.2 Å². The number of aromatic nitrogens is 1. The molecule has 2 amide bonds. The molecule has 11 heteroatoms. The average Bonchev–Trinajstić information content (AvgIpc) is 2.96. The van der Waals surface area contributed by atoms with E-state index in [1.165, 1.54) is 30.1 Å². The second-order valence-corrected chi connectivity index (χ2v) is 11.1. The van der Waals surface area contributed by atoms with Crippen LogP contribution in [-0.4, -0.2) is 66.2 Å². The van der Waals surface area contributed by atoms with Gasteiger partial charge in [0, 0.05) is 38.8 Å². The van der Waals surface area contributed by atoms with Crippen LogP contribution in [0, 0.1) is 11.8 Å². The van der Waals surface area contributed by atoms with Gasteiger partial charge in [-0.1, -0.05) is 42.8 Å². The quantitative estimate of drug-likeness (QED) is 0.453. The van der Waals surface area contributed by atoms with Crippen molar-refractivity contribution in [2.75, 3.05) is 38.1 Å². The highest BCUT2D eigenvalue weighted by Gasteiger charge is 2.62. The van der Waals surface area contributed by atoms with Gasteiger partial charge in [0.2, 0.25) is 0 Å². The number of hydrogen-bond donors (Lipinski definition) is 2. The molecule has 2 aromatic rings. The highest BCUT2D eigenvalue weighted by atomic mass is 35.5. The van der Waals surface area contributed by atoms with Crippen LogP contribution in [-0.2, 0) is 16.8 Å². The Kier molecular flexibility index (Phi) is 9.29. The number of alkyl halides is 3. The van der Waals surface area contributed by atoms with Crippen LogP contribution in [0.5, 0.6) is 0 Å². The van der Waals surface area contributed by atoms with Crippen molar-refractivity contribution in [2.24, 2.45) is 11.8 Å². The van der Waals surface area contributed by atoms with Crippen LogP contribution < -0.4 is 10.2 Å². The third kappa shape index (κ3) is 6.22. The van der Waals surface area contributed by atoms with Crippen LogP contribution in [0.4, 0.5) is 19.0 Å². The first kappa shape index (κ1) is 30.1. The fraction of sp³-hybridized carbons (Fsp3) is 0.552. The number of likely N-dealkylation sites (tertiary alicyclic amines) is 1. The fourth-order valence-corrected chi connectivity index (χ4v) is 6.03. The van der Waals surface area contributed by atoms with Crippen molar-refractivity contribution >= 4 is 29.2 Å². The average molecular weight is 581 g/mol. The number of pyridine rings is 1. The molecule has 3 heterocycles. The Morgan fingerprint density at radius 3 is 2.23 bits per heavy atom. The zero-order valence-electron chi connectivity index (χ0n) is 22.8. The second-order valence-electron chi connectivity index (χ2n) is 10.8. The number of carbonyl (C=O) groups is 2. The summed E-state index contributed by atoms with van der Waals surface area (Å²) in [6, 6.07) is 9.03. The monoisotopic (exact) mass is 580 g/mol. The van der Waals surface area contributed by atoms with Gasteiger partial charge < -0.3 is 20.2 Å². The summed E-state index contributed by atoms with van der Waals surface area (Å²) in [5.74, 6) is -0.0853. The fourth-order valence-electron chi connectivity index (χ4n) is 5.80. The molecule has 0 saturated carbocycles. The lowest BCUT2D eigenvalue weighted by atomic mass is 9.82. The molecule has 1 aromatic carbocycles. The van der Waals surface area contributed by atoms with Gasteiger partial charge in [-0.25, -0.2) is 4.98 Å². The molecule has 2 fully saturated rings. The molecule has 0 radical (unpaired) electrons.